The number of allylic oxidation sites excluding steroid dienone is 1. The van der Waals surface area contributed by atoms with Gasteiger partial charge >= 0.3 is 0 Å². The summed E-state index contributed by atoms with van der Waals surface area (Å²) in [6.07, 6.45) is 4.48. The molecule has 3 heteroatoms. The van der Waals surface area contributed by atoms with Crippen LogP contribution in [0.15, 0.2) is 36.1 Å². The van der Waals surface area contributed by atoms with E-state index in [-0.39, 0.29) is 6.04 Å². The van der Waals surface area contributed by atoms with Crippen LogP contribution >= 0.6 is 22.6 Å². The first-order valence-corrected chi connectivity index (χ1v) is 7.21. The van der Waals surface area contributed by atoms with Crippen LogP contribution in [0.25, 0.3) is 0 Å². The summed E-state index contributed by atoms with van der Waals surface area (Å²) in [5, 5.41) is 3.50. The van der Waals surface area contributed by atoms with Gasteiger partial charge in [-0.1, -0.05) is 19.1 Å². The molecule has 0 saturated heterocycles. The van der Waals surface area contributed by atoms with Gasteiger partial charge in [0.1, 0.15) is 5.76 Å². The molecule has 1 aliphatic heterocycles. The third kappa shape index (κ3) is 3.45. The molecule has 1 aliphatic rings. The highest BCUT2D eigenvalue weighted by Gasteiger charge is 2.18. The fourth-order valence-electron chi connectivity index (χ4n) is 2.05. The fraction of sp³-hybridized carbons (Fsp3) is 0.429. The van der Waals surface area contributed by atoms with Crippen LogP contribution in [0.2, 0.25) is 0 Å². The molecule has 0 spiro atoms. The molecule has 0 aromatic heterocycles. The van der Waals surface area contributed by atoms with E-state index < -0.39 is 0 Å². The molecule has 0 amide bonds. The molecule has 1 aromatic rings. The second-order valence-corrected chi connectivity index (χ2v) is 5.39. The molecule has 1 aromatic carbocycles. The maximum absolute atomic E-state index is 5.78. The average Bonchev–Trinajstić information content (AvgIpc) is 2.37. The third-order valence-electron chi connectivity index (χ3n) is 2.84. The molecular weight excluding hydrogens is 325 g/mol. The van der Waals surface area contributed by atoms with Gasteiger partial charge in [-0.15, -0.1) is 0 Å². The van der Waals surface area contributed by atoms with E-state index in [2.05, 4.69) is 65.2 Å². The van der Waals surface area contributed by atoms with Gasteiger partial charge in [-0.2, -0.15) is 0 Å². The minimum atomic E-state index is 0.204. The SMILES string of the molecule is CCNC(C1=CCCCO1)c1cccc(I)c1. The van der Waals surface area contributed by atoms with Gasteiger partial charge < -0.3 is 10.1 Å². The maximum Gasteiger partial charge on any atom is 0.113 e. The number of likely N-dealkylation sites (N-methyl/N-ethyl adjacent to an activating group) is 1. The zero-order chi connectivity index (χ0) is 12.1. The van der Waals surface area contributed by atoms with Crippen LogP contribution in [0, 0.1) is 3.57 Å². The third-order valence-corrected chi connectivity index (χ3v) is 3.51. The van der Waals surface area contributed by atoms with E-state index in [1.807, 2.05) is 0 Å². The Hall–Kier alpha value is -0.550. The number of nitrogens with one attached hydrogen (secondary N) is 1. The van der Waals surface area contributed by atoms with Gasteiger partial charge in [-0.25, -0.2) is 0 Å². The number of rotatable bonds is 4. The zero-order valence-electron chi connectivity index (χ0n) is 10.1. The minimum Gasteiger partial charge on any atom is -0.496 e. The summed E-state index contributed by atoms with van der Waals surface area (Å²) >= 11 is 2.35. The van der Waals surface area contributed by atoms with Crippen molar-refractivity contribution in [1.29, 1.82) is 0 Å². The Morgan fingerprint density at radius 1 is 1.47 bits per heavy atom. The number of ether oxygens (including phenoxy) is 1. The molecule has 1 unspecified atom stereocenters. The lowest BCUT2D eigenvalue weighted by Gasteiger charge is -2.25. The van der Waals surface area contributed by atoms with Gasteiger partial charge in [0.25, 0.3) is 0 Å². The van der Waals surface area contributed by atoms with Crippen molar-refractivity contribution in [3.63, 3.8) is 0 Å². The molecule has 2 rings (SSSR count). The monoisotopic (exact) mass is 343 g/mol. The van der Waals surface area contributed by atoms with Gasteiger partial charge in [0.2, 0.25) is 0 Å². The Bertz CT molecular complexity index is 403. The molecule has 17 heavy (non-hydrogen) atoms. The summed E-state index contributed by atoms with van der Waals surface area (Å²) in [7, 11) is 0. The lowest BCUT2D eigenvalue weighted by Crippen LogP contribution is -2.25. The van der Waals surface area contributed by atoms with Crippen LogP contribution in [0.1, 0.15) is 31.4 Å². The van der Waals surface area contributed by atoms with Crippen LogP contribution in [-0.4, -0.2) is 13.2 Å². The Labute approximate surface area is 117 Å². The molecule has 1 N–H and O–H groups in total. The van der Waals surface area contributed by atoms with Crippen LogP contribution in [0.4, 0.5) is 0 Å². The summed E-state index contributed by atoms with van der Waals surface area (Å²) in [6, 6.07) is 8.80. The van der Waals surface area contributed by atoms with Gasteiger partial charge in [0, 0.05) is 3.57 Å². The van der Waals surface area contributed by atoms with Crippen LogP contribution in [0.3, 0.4) is 0 Å². The van der Waals surface area contributed by atoms with Crippen molar-refractivity contribution < 1.29 is 4.74 Å². The Kier molecular flexibility index (Phi) is 4.86. The first-order chi connectivity index (χ1) is 8.31. The molecule has 0 bridgehead atoms. The lowest BCUT2D eigenvalue weighted by molar-refractivity contribution is 0.168. The fourth-order valence-corrected chi connectivity index (χ4v) is 2.62. The minimum absolute atomic E-state index is 0.204. The summed E-state index contributed by atoms with van der Waals surface area (Å²) in [4.78, 5) is 0. The summed E-state index contributed by atoms with van der Waals surface area (Å²) < 4.78 is 7.05. The van der Waals surface area contributed by atoms with E-state index in [0.29, 0.717) is 0 Å². The second-order valence-electron chi connectivity index (χ2n) is 4.14. The molecule has 1 atom stereocenters. The average molecular weight is 343 g/mol. The lowest BCUT2D eigenvalue weighted by atomic mass is 10.0. The van der Waals surface area contributed by atoms with Crippen molar-refractivity contribution in [2.45, 2.75) is 25.8 Å². The predicted octanol–water partition coefficient (Wildman–Crippen LogP) is 3.64. The molecular formula is C14H18INO. The topological polar surface area (TPSA) is 21.3 Å². The van der Waals surface area contributed by atoms with Crippen LogP contribution in [0.5, 0.6) is 0 Å². The van der Waals surface area contributed by atoms with E-state index in [1.54, 1.807) is 0 Å². The summed E-state index contributed by atoms with van der Waals surface area (Å²) in [5.41, 5.74) is 1.28. The van der Waals surface area contributed by atoms with E-state index in [0.717, 1.165) is 31.8 Å². The van der Waals surface area contributed by atoms with Crippen LogP contribution in [-0.2, 0) is 4.74 Å². The van der Waals surface area contributed by atoms with E-state index >= 15 is 0 Å². The largest absolute Gasteiger partial charge is 0.496 e. The first-order valence-electron chi connectivity index (χ1n) is 6.13. The Balaban J connectivity index is 2.24. The molecule has 0 aliphatic carbocycles. The second kappa shape index (κ2) is 6.40. The van der Waals surface area contributed by atoms with Gasteiger partial charge in [0.05, 0.1) is 12.6 Å². The highest BCUT2D eigenvalue weighted by Crippen LogP contribution is 2.26. The predicted molar refractivity (Wildman–Crippen MR) is 78.8 cm³/mol. The van der Waals surface area contributed by atoms with Crippen molar-refractivity contribution in [1.82, 2.24) is 5.32 Å². The van der Waals surface area contributed by atoms with Crippen molar-refractivity contribution in [3.8, 4) is 0 Å². The summed E-state index contributed by atoms with van der Waals surface area (Å²) in [6.45, 7) is 3.92. The van der Waals surface area contributed by atoms with Gasteiger partial charge in [-0.3, -0.25) is 0 Å². The highest BCUT2D eigenvalue weighted by atomic mass is 127. The first kappa shape index (κ1) is 12.9. The Morgan fingerprint density at radius 3 is 3.00 bits per heavy atom. The molecule has 2 nitrogen and oxygen atoms in total. The molecule has 92 valence electrons. The number of hydrogen-bond acceptors (Lipinski definition) is 2. The Morgan fingerprint density at radius 2 is 2.35 bits per heavy atom. The van der Waals surface area contributed by atoms with Gasteiger partial charge in [-0.05, 0) is 65.7 Å². The van der Waals surface area contributed by atoms with Crippen molar-refractivity contribution in [3.05, 3.63) is 45.2 Å². The number of hydrogen-bond donors (Lipinski definition) is 1. The summed E-state index contributed by atoms with van der Waals surface area (Å²) in [5.74, 6) is 1.08. The molecule has 0 saturated carbocycles. The normalized spacial score (nSPS) is 17.2. The van der Waals surface area contributed by atoms with E-state index in [4.69, 9.17) is 4.74 Å². The van der Waals surface area contributed by atoms with Crippen molar-refractivity contribution in [2.24, 2.45) is 0 Å². The quantitative estimate of drug-likeness (QED) is 0.843. The smallest absolute Gasteiger partial charge is 0.113 e. The maximum atomic E-state index is 5.78. The standard InChI is InChI=1S/C14H18INO/c1-2-16-14(13-8-3-4-9-17-13)11-6-5-7-12(15)10-11/h5-8,10,14,16H,2-4,9H2,1H3. The van der Waals surface area contributed by atoms with Crippen molar-refractivity contribution in [2.75, 3.05) is 13.2 Å². The number of halogens is 1. The zero-order valence-corrected chi connectivity index (χ0v) is 12.2. The molecule has 1 heterocycles. The van der Waals surface area contributed by atoms with Crippen LogP contribution < -0.4 is 5.32 Å². The highest BCUT2D eigenvalue weighted by molar-refractivity contribution is 14.1. The van der Waals surface area contributed by atoms with Gasteiger partial charge in [0.15, 0.2) is 0 Å². The number of benzene rings is 1. The molecule has 0 fully saturated rings. The van der Waals surface area contributed by atoms with E-state index in [9.17, 15) is 0 Å². The van der Waals surface area contributed by atoms with Crippen molar-refractivity contribution >= 4 is 22.6 Å². The molecule has 0 radical (unpaired) electrons. The van der Waals surface area contributed by atoms with E-state index in [1.165, 1.54) is 9.13 Å².